The van der Waals surface area contributed by atoms with Gasteiger partial charge in [-0.15, -0.1) is 0 Å². The van der Waals surface area contributed by atoms with Gasteiger partial charge in [0, 0.05) is 19.1 Å². The predicted molar refractivity (Wildman–Crippen MR) is 51.4 cm³/mol. The molecule has 0 unspecified atom stereocenters. The molecule has 1 rings (SSSR count). The molecule has 0 aromatic heterocycles. The zero-order chi connectivity index (χ0) is 10.6. The summed E-state index contributed by atoms with van der Waals surface area (Å²) in [5, 5.41) is 8.61. The van der Waals surface area contributed by atoms with Crippen LogP contribution in [0.15, 0.2) is 24.3 Å². The molecule has 14 heavy (non-hydrogen) atoms. The minimum absolute atomic E-state index is 0.0351. The van der Waals surface area contributed by atoms with E-state index in [1.54, 1.807) is 12.1 Å². The van der Waals surface area contributed by atoms with E-state index in [1.165, 1.54) is 12.1 Å². The van der Waals surface area contributed by atoms with Crippen LogP contribution in [0.5, 0.6) is 0 Å². The van der Waals surface area contributed by atoms with Gasteiger partial charge in [-0.2, -0.15) is 0 Å². The first-order valence-electron chi connectivity index (χ1n) is 4.62. The van der Waals surface area contributed by atoms with Gasteiger partial charge in [0.05, 0.1) is 0 Å². The monoisotopic (exact) mass is 200 g/mol. The fourth-order valence-electron chi connectivity index (χ4n) is 1.28. The van der Waals surface area contributed by atoms with E-state index in [9.17, 15) is 8.78 Å². The van der Waals surface area contributed by atoms with Crippen molar-refractivity contribution in [1.82, 2.24) is 0 Å². The van der Waals surface area contributed by atoms with E-state index < -0.39 is 5.92 Å². The molecule has 0 saturated carbocycles. The second-order valence-electron chi connectivity index (χ2n) is 3.42. The van der Waals surface area contributed by atoms with Crippen LogP contribution in [0, 0.1) is 0 Å². The largest absolute Gasteiger partial charge is 0.396 e. The Morgan fingerprint density at radius 2 is 2.07 bits per heavy atom. The SMILES string of the molecule is CC(F)(F)c1cccc(CCCO)c1. The summed E-state index contributed by atoms with van der Waals surface area (Å²) in [6.45, 7) is 0.977. The van der Waals surface area contributed by atoms with Crippen LogP contribution >= 0.6 is 0 Å². The zero-order valence-electron chi connectivity index (χ0n) is 8.13. The molecule has 3 heteroatoms. The molecule has 0 bridgehead atoms. The summed E-state index contributed by atoms with van der Waals surface area (Å²) in [6, 6.07) is 6.34. The van der Waals surface area contributed by atoms with Gasteiger partial charge in [-0.25, -0.2) is 8.78 Å². The first-order chi connectivity index (χ1) is 6.54. The minimum Gasteiger partial charge on any atom is -0.396 e. The van der Waals surface area contributed by atoms with E-state index in [4.69, 9.17) is 5.11 Å². The normalized spacial score (nSPS) is 11.7. The molecule has 78 valence electrons. The van der Waals surface area contributed by atoms with Crippen LogP contribution in [0.25, 0.3) is 0 Å². The third kappa shape index (κ3) is 3.07. The predicted octanol–water partition coefficient (Wildman–Crippen LogP) is 2.72. The van der Waals surface area contributed by atoms with E-state index >= 15 is 0 Å². The average Bonchev–Trinajstić information content (AvgIpc) is 2.14. The topological polar surface area (TPSA) is 20.2 Å². The Kier molecular flexibility index (Phi) is 3.58. The van der Waals surface area contributed by atoms with Crippen molar-refractivity contribution in [3.05, 3.63) is 35.4 Å². The van der Waals surface area contributed by atoms with E-state index in [-0.39, 0.29) is 12.2 Å². The van der Waals surface area contributed by atoms with Crippen molar-refractivity contribution in [3.63, 3.8) is 0 Å². The van der Waals surface area contributed by atoms with Crippen LogP contribution < -0.4 is 0 Å². The third-order valence-electron chi connectivity index (χ3n) is 2.06. The maximum Gasteiger partial charge on any atom is 0.270 e. The Morgan fingerprint density at radius 1 is 1.36 bits per heavy atom. The van der Waals surface area contributed by atoms with Gasteiger partial charge in [0.25, 0.3) is 5.92 Å². The lowest BCUT2D eigenvalue weighted by atomic mass is 10.0. The molecule has 0 fully saturated rings. The molecule has 0 saturated heterocycles. The standard InChI is InChI=1S/C11H14F2O/c1-11(12,13)10-6-2-4-9(8-10)5-3-7-14/h2,4,6,8,14H,3,5,7H2,1H3. The van der Waals surface area contributed by atoms with Crippen LogP contribution in [-0.2, 0) is 12.3 Å². The van der Waals surface area contributed by atoms with Crippen LogP contribution in [-0.4, -0.2) is 11.7 Å². The van der Waals surface area contributed by atoms with Crippen LogP contribution in [0.4, 0.5) is 8.78 Å². The van der Waals surface area contributed by atoms with Crippen molar-refractivity contribution >= 4 is 0 Å². The lowest BCUT2D eigenvalue weighted by Gasteiger charge is -2.11. The number of hydrogen-bond donors (Lipinski definition) is 1. The van der Waals surface area contributed by atoms with Crippen molar-refractivity contribution in [2.75, 3.05) is 6.61 Å². The number of halogens is 2. The maximum absolute atomic E-state index is 12.9. The molecule has 0 atom stereocenters. The van der Waals surface area contributed by atoms with Crippen molar-refractivity contribution in [2.24, 2.45) is 0 Å². The highest BCUT2D eigenvalue weighted by atomic mass is 19.3. The Bertz CT molecular complexity index is 292. The van der Waals surface area contributed by atoms with E-state index in [0.29, 0.717) is 12.8 Å². The summed E-state index contributed by atoms with van der Waals surface area (Å²) >= 11 is 0. The maximum atomic E-state index is 12.9. The quantitative estimate of drug-likeness (QED) is 0.792. The van der Waals surface area contributed by atoms with E-state index in [1.807, 2.05) is 0 Å². The lowest BCUT2D eigenvalue weighted by molar-refractivity contribution is 0.0174. The number of aliphatic hydroxyl groups is 1. The van der Waals surface area contributed by atoms with Gasteiger partial charge in [0.2, 0.25) is 0 Å². The number of alkyl halides is 2. The number of hydrogen-bond acceptors (Lipinski definition) is 1. The molecule has 0 aliphatic carbocycles. The second-order valence-corrected chi connectivity index (χ2v) is 3.42. The average molecular weight is 200 g/mol. The second kappa shape index (κ2) is 4.51. The highest BCUT2D eigenvalue weighted by molar-refractivity contribution is 5.26. The molecular formula is C11H14F2O. The molecule has 1 aromatic rings. The number of benzene rings is 1. The summed E-state index contributed by atoms with van der Waals surface area (Å²) in [5.74, 6) is -2.78. The molecule has 1 N–H and O–H groups in total. The third-order valence-corrected chi connectivity index (χ3v) is 2.06. The minimum atomic E-state index is -2.78. The van der Waals surface area contributed by atoms with Gasteiger partial charge >= 0.3 is 0 Å². The van der Waals surface area contributed by atoms with Crippen molar-refractivity contribution in [3.8, 4) is 0 Å². The fraction of sp³-hybridized carbons (Fsp3) is 0.455. The summed E-state index contributed by atoms with van der Waals surface area (Å²) in [7, 11) is 0. The van der Waals surface area contributed by atoms with Crippen molar-refractivity contribution < 1.29 is 13.9 Å². The molecule has 1 aromatic carbocycles. The molecule has 0 aliphatic heterocycles. The molecule has 0 heterocycles. The summed E-state index contributed by atoms with van der Waals surface area (Å²) in [5.41, 5.74) is 0.881. The van der Waals surface area contributed by atoms with Gasteiger partial charge in [-0.05, 0) is 24.5 Å². The van der Waals surface area contributed by atoms with Gasteiger partial charge in [-0.1, -0.05) is 18.2 Å². The Morgan fingerprint density at radius 3 is 2.64 bits per heavy atom. The number of rotatable bonds is 4. The summed E-state index contributed by atoms with van der Waals surface area (Å²) in [4.78, 5) is 0. The molecule has 1 nitrogen and oxygen atoms in total. The molecule has 0 aliphatic rings. The highest BCUT2D eigenvalue weighted by Crippen LogP contribution is 2.27. The van der Waals surface area contributed by atoms with Crippen molar-refractivity contribution in [1.29, 1.82) is 0 Å². The lowest BCUT2D eigenvalue weighted by Crippen LogP contribution is -2.07. The molecule has 0 radical (unpaired) electrons. The summed E-state index contributed by atoms with van der Waals surface area (Å²) < 4.78 is 25.8. The highest BCUT2D eigenvalue weighted by Gasteiger charge is 2.23. The zero-order valence-corrected chi connectivity index (χ0v) is 8.13. The smallest absolute Gasteiger partial charge is 0.270 e. The first kappa shape index (κ1) is 11.1. The summed E-state index contributed by atoms with van der Waals surface area (Å²) in [6.07, 6.45) is 1.25. The van der Waals surface area contributed by atoms with Crippen LogP contribution in [0.2, 0.25) is 0 Å². The van der Waals surface area contributed by atoms with Gasteiger partial charge in [-0.3, -0.25) is 0 Å². The van der Waals surface area contributed by atoms with E-state index in [0.717, 1.165) is 12.5 Å². The van der Waals surface area contributed by atoms with E-state index in [2.05, 4.69) is 0 Å². The first-order valence-corrected chi connectivity index (χ1v) is 4.62. The van der Waals surface area contributed by atoms with Crippen molar-refractivity contribution in [2.45, 2.75) is 25.7 Å². The van der Waals surface area contributed by atoms with Crippen LogP contribution in [0.1, 0.15) is 24.5 Å². The Labute approximate surface area is 82.4 Å². The molecular weight excluding hydrogens is 186 g/mol. The molecule has 0 spiro atoms. The van der Waals surface area contributed by atoms with Gasteiger partial charge in [0.15, 0.2) is 0 Å². The van der Waals surface area contributed by atoms with Crippen LogP contribution in [0.3, 0.4) is 0 Å². The number of aryl methyl sites for hydroxylation is 1. The fourth-order valence-corrected chi connectivity index (χ4v) is 1.28. The Hall–Kier alpha value is -0.960. The Balaban J connectivity index is 2.79. The van der Waals surface area contributed by atoms with Gasteiger partial charge in [0.1, 0.15) is 0 Å². The van der Waals surface area contributed by atoms with Gasteiger partial charge < -0.3 is 5.11 Å². The number of aliphatic hydroxyl groups excluding tert-OH is 1. The molecule has 0 amide bonds.